The molecule has 2 fully saturated rings. The van der Waals surface area contributed by atoms with E-state index in [0.717, 1.165) is 19.3 Å². The summed E-state index contributed by atoms with van der Waals surface area (Å²) < 4.78 is 22.8. The van der Waals surface area contributed by atoms with Gasteiger partial charge in [-0.1, -0.05) is 19.8 Å². The quantitative estimate of drug-likeness (QED) is 0.551. The topological polar surface area (TPSA) is 116 Å². The van der Waals surface area contributed by atoms with Gasteiger partial charge in [-0.25, -0.2) is 9.78 Å². The van der Waals surface area contributed by atoms with Crippen molar-refractivity contribution in [2.75, 3.05) is 26.9 Å². The van der Waals surface area contributed by atoms with E-state index >= 15 is 0 Å². The minimum Gasteiger partial charge on any atom is -0.503 e. The first-order valence-electron chi connectivity index (χ1n) is 11.4. The van der Waals surface area contributed by atoms with Crippen molar-refractivity contribution in [1.29, 1.82) is 0 Å². The molecule has 1 aromatic rings. The number of cyclic esters (lactones) is 1. The lowest BCUT2D eigenvalue weighted by molar-refractivity contribution is -0.155. The Morgan fingerprint density at radius 2 is 2.12 bits per heavy atom. The van der Waals surface area contributed by atoms with Crippen LogP contribution < -0.4 is 10.1 Å². The number of carbonyl (C=O) groups is 2. The van der Waals surface area contributed by atoms with Crippen LogP contribution in [0.25, 0.3) is 0 Å². The zero-order valence-electron chi connectivity index (χ0n) is 19.0. The van der Waals surface area contributed by atoms with E-state index in [1.165, 1.54) is 32.2 Å². The Labute approximate surface area is 188 Å². The number of pyridine rings is 1. The first-order chi connectivity index (χ1) is 15.4. The first-order valence-corrected chi connectivity index (χ1v) is 11.4. The van der Waals surface area contributed by atoms with Crippen molar-refractivity contribution in [1.82, 2.24) is 10.3 Å². The number of hydrogen-bond donors (Lipinski definition) is 2. The normalized spacial score (nSPS) is 26.4. The molecule has 1 aromatic heterocycles. The number of aromatic nitrogens is 1. The Hall–Kier alpha value is -2.39. The number of aromatic hydroxyl groups is 1. The van der Waals surface area contributed by atoms with Crippen molar-refractivity contribution in [3.63, 3.8) is 0 Å². The summed E-state index contributed by atoms with van der Waals surface area (Å²) in [6, 6.07) is 0.398. The van der Waals surface area contributed by atoms with Crippen LogP contribution in [0.15, 0.2) is 12.3 Å². The number of methoxy groups -OCH3 is 1. The largest absolute Gasteiger partial charge is 0.503 e. The second kappa shape index (κ2) is 11.5. The molecule has 0 radical (unpaired) electrons. The fourth-order valence-corrected chi connectivity index (χ4v) is 3.82. The molecule has 0 bridgehead atoms. The molecule has 2 N–H and O–H groups in total. The highest BCUT2D eigenvalue weighted by atomic mass is 16.6. The summed E-state index contributed by atoms with van der Waals surface area (Å²) in [5, 5.41) is 12.8. The Morgan fingerprint density at radius 3 is 2.81 bits per heavy atom. The number of unbranched alkanes of at least 4 members (excludes halogenated alkanes) is 1. The molecule has 1 saturated heterocycles. The molecule has 4 atom stereocenters. The van der Waals surface area contributed by atoms with Gasteiger partial charge in [-0.3, -0.25) is 4.79 Å². The van der Waals surface area contributed by atoms with Gasteiger partial charge in [-0.15, -0.1) is 0 Å². The van der Waals surface area contributed by atoms with Gasteiger partial charge in [0.1, 0.15) is 6.10 Å². The highest BCUT2D eigenvalue weighted by Crippen LogP contribution is 2.32. The van der Waals surface area contributed by atoms with Gasteiger partial charge < -0.3 is 29.4 Å². The fraction of sp³-hybridized carbons (Fsp3) is 0.696. The number of nitrogens with one attached hydrogen (secondary N) is 1. The molecule has 1 saturated carbocycles. The van der Waals surface area contributed by atoms with Crippen LogP contribution in [0.5, 0.6) is 11.5 Å². The van der Waals surface area contributed by atoms with Crippen molar-refractivity contribution in [3.05, 3.63) is 18.0 Å². The third-order valence-electron chi connectivity index (χ3n) is 6.00. The van der Waals surface area contributed by atoms with Crippen LogP contribution in [0.2, 0.25) is 0 Å². The van der Waals surface area contributed by atoms with Gasteiger partial charge in [0.25, 0.3) is 5.91 Å². The first kappa shape index (κ1) is 24.3. The lowest BCUT2D eigenvalue weighted by Gasteiger charge is -2.30. The summed E-state index contributed by atoms with van der Waals surface area (Å²) in [5.74, 6) is -0.966. The lowest BCUT2D eigenvalue weighted by Crippen LogP contribution is -2.46. The fourth-order valence-electron chi connectivity index (χ4n) is 3.82. The second-order valence-corrected chi connectivity index (χ2v) is 8.54. The number of ether oxygens (including phenoxy) is 4. The van der Waals surface area contributed by atoms with E-state index in [1.54, 1.807) is 0 Å². The maximum Gasteiger partial charge on any atom is 0.331 e. The minimum absolute atomic E-state index is 0.0104. The minimum atomic E-state index is -1.04. The van der Waals surface area contributed by atoms with Gasteiger partial charge in [0.05, 0.1) is 26.4 Å². The van der Waals surface area contributed by atoms with Crippen molar-refractivity contribution in [3.8, 4) is 11.5 Å². The number of nitrogens with zero attached hydrogens (tertiary/aromatic N) is 1. The monoisotopic (exact) mass is 450 g/mol. The third kappa shape index (κ3) is 6.32. The summed E-state index contributed by atoms with van der Waals surface area (Å²) >= 11 is 0. The molecule has 2 aliphatic rings. The molecule has 32 heavy (non-hydrogen) atoms. The van der Waals surface area contributed by atoms with Crippen molar-refractivity contribution in [2.24, 2.45) is 11.8 Å². The predicted octanol–water partition coefficient (Wildman–Crippen LogP) is 2.46. The van der Waals surface area contributed by atoms with Crippen LogP contribution in [0.4, 0.5) is 0 Å². The number of esters is 1. The van der Waals surface area contributed by atoms with Gasteiger partial charge in [0.2, 0.25) is 0 Å². The average molecular weight is 451 g/mol. The maximum atomic E-state index is 12.8. The van der Waals surface area contributed by atoms with Gasteiger partial charge >= 0.3 is 5.97 Å². The van der Waals surface area contributed by atoms with Crippen molar-refractivity contribution >= 4 is 11.9 Å². The van der Waals surface area contributed by atoms with E-state index in [4.69, 9.17) is 18.9 Å². The molecule has 1 aliphatic heterocycles. The molecule has 0 aromatic carbocycles. The van der Waals surface area contributed by atoms with Gasteiger partial charge in [-0.2, -0.15) is 0 Å². The Balaban J connectivity index is 1.70. The van der Waals surface area contributed by atoms with Crippen molar-refractivity contribution in [2.45, 2.75) is 64.2 Å². The van der Waals surface area contributed by atoms with Crippen LogP contribution in [0.3, 0.4) is 0 Å². The van der Waals surface area contributed by atoms with Gasteiger partial charge in [0, 0.05) is 24.8 Å². The summed E-state index contributed by atoms with van der Waals surface area (Å²) in [6.07, 6.45) is 6.05. The second-order valence-electron chi connectivity index (χ2n) is 8.54. The molecular formula is C23H34N2O7. The molecule has 1 amide bonds. The van der Waals surface area contributed by atoms with E-state index < -0.39 is 23.7 Å². The zero-order chi connectivity index (χ0) is 23.1. The molecule has 4 unspecified atom stereocenters. The van der Waals surface area contributed by atoms with E-state index in [1.807, 2.05) is 6.92 Å². The third-order valence-corrected chi connectivity index (χ3v) is 6.00. The van der Waals surface area contributed by atoms with Crippen LogP contribution in [-0.2, 0) is 19.0 Å². The summed E-state index contributed by atoms with van der Waals surface area (Å²) in [5.41, 5.74) is -0.239. The number of carbonyl (C=O) groups excluding carboxylic acids is 2. The average Bonchev–Trinajstić information content (AvgIpc) is 3.60. The van der Waals surface area contributed by atoms with Crippen LogP contribution in [-0.4, -0.2) is 67.1 Å². The summed E-state index contributed by atoms with van der Waals surface area (Å²) in [6.45, 7) is 4.93. The Kier molecular flexibility index (Phi) is 8.69. The van der Waals surface area contributed by atoms with Crippen LogP contribution in [0, 0.1) is 11.8 Å². The van der Waals surface area contributed by atoms with Gasteiger partial charge in [-0.05, 0) is 32.1 Å². The molecule has 178 valence electrons. The number of amides is 1. The standard InChI is InChI=1S/C23H34N2O7/c1-4-5-6-16-14(2)32-23(28)17(12-30-13-19(16)31-11-15-7-8-15)25-22(27)20-21(26)18(29-3)9-10-24-20/h9-10,14-17,19,26H,4-8,11-13H2,1-3H3,(H,25,27). The lowest BCUT2D eigenvalue weighted by atomic mass is 9.91. The molecule has 1 aliphatic carbocycles. The van der Waals surface area contributed by atoms with Crippen LogP contribution >= 0.6 is 0 Å². The smallest absolute Gasteiger partial charge is 0.331 e. The Morgan fingerprint density at radius 1 is 1.34 bits per heavy atom. The van der Waals surface area contributed by atoms with E-state index in [2.05, 4.69) is 17.2 Å². The van der Waals surface area contributed by atoms with E-state index in [-0.39, 0.29) is 36.2 Å². The molecular weight excluding hydrogens is 416 g/mol. The molecule has 9 nitrogen and oxygen atoms in total. The number of rotatable bonds is 9. The summed E-state index contributed by atoms with van der Waals surface area (Å²) in [7, 11) is 1.37. The Bertz CT molecular complexity index is 784. The summed E-state index contributed by atoms with van der Waals surface area (Å²) in [4.78, 5) is 29.4. The van der Waals surface area contributed by atoms with Gasteiger partial charge in [0.15, 0.2) is 23.2 Å². The predicted molar refractivity (Wildman–Crippen MR) is 116 cm³/mol. The highest BCUT2D eigenvalue weighted by molar-refractivity contribution is 5.98. The zero-order valence-corrected chi connectivity index (χ0v) is 19.0. The molecule has 0 spiro atoms. The molecule has 3 rings (SSSR count). The number of hydrogen-bond acceptors (Lipinski definition) is 8. The van der Waals surface area contributed by atoms with Crippen molar-refractivity contribution < 1.29 is 33.6 Å². The van der Waals surface area contributed by atoms with E-state index in [9.17, 15) is 14.7 Å². The SMILES string of the molecule is CCCCC1C(C)OC(=O)C(NC(=O)c2nccc(OC)c2O)COCC1OCC1CC1. The maximum absolute atomic E-state index is 12.8. The molecule has 9 heteroatoms. The highest BCUT2D eigenvalue weighted by Gasteiger charge is 2.36. The molecule has 2 heterocycles. The van der Waals surface area contributed by atoms with Crippen LogP contribution in [0.1, 0.15) is 56.4 Å². The van der Waals surface area contributed by atoms with E-state index in [0.29, 0.717) is 19.1 Å².